The van der Waals surface area contributed by atoms with Crippen LogP contribution in [0.25, 0.3) is 0 Å². The summed E-state index contributed by atoms with van der Waals surface area (Å²) in [6.45, 7) is 26.4. The first-order chi connectivity index (χ1) is 8.19. The Labute approximate surface area is 134 Å². The van der Waals surface area contributed by atoms with Crippen molar-refractivity contribution in [2.45, 2.75) is 89.3 Å². The van der Waals surface area contributed by atoms with E-state index in [-0.39, 0.29) is 0 Å². The van der Waals surface area contributed by atoms with Crippen LogP contribution in [0.4, 0.5) is 0 Å². The van der Waals surface area contributed by atoms with E-state index < -0.39 is 16.5 Å². The minimum absolute atomic E-state index is 0.416. The van der Waals surface area contributed by atoms with Gasteiger partial charge in [0.25, 0.3) is 0 Å². The van der Waals surface area contributed by atoms with Crippen molar-refractivity contribution in [2.75, 3.05) is 6.54 Å². The molecular formula is C15H36LiNSi2. The Balaban J connectivity index is 5.79. The fourth-order valence-electron chi connectivity index (χ4n) is 3.48. The zero-order chi connectivity index (χ0) is 15.7. The molecule has 0 unspecified atom stereocenters. The molecule has 0 radical (unpaired) electrons. The summed E-state index contributed by atoms with van der Waals surface area (Å²) in [6.07, 6.45) is 1.35. The second-order valence-corrected chi connectivity index (χ2v) is 20.3. The number of hydrogen-bond donors (Lipinski definition) is 0. The summed E-state index contributed by atoms with van der Waals surface area (Å²) < 4.78 is 3.03. The number of nitrogens with zero attached hydrogens (tertiary/aromatic N) is 1. The van der Waals surface area contributed by atoms with Gasteiger partial charge in [-0.05, 0) is 0 Å². The van der Waals surface area contributed by atoms with Crippen molar-refractivity contribution in [3.05, 3.63) is 0 Å². The van der Waals surface area contributed by atoms with Crippen LogP contribution in [0, 0.1) is 0 Å². The van der Waals surface area contributed by atoms with E-state index in [0.29, 0.717) is 10.1 Å². The van der Waals surface area contributed by atoms with Crippen molar-refractivity contribution in [2.24, 2.45) is 0 Å². The zero-order valence-electron chi connectivity index (χ0n) is 15.6. The van der Waals surface area contributed by atoms with E-state index in [2.05, 4.69) is 89.7 Å². The summed E-state index contributed by atoms with van der Waals surface area (Å²) in [7, 11) is -2.84. The molecule has 4 heteroatoms. The molecule has 0 atom stereocenters. The first kappa shape index (κ1) is 20.0. The SMILES string of the molecule is [Li][CH2]CCN([Si](C)(C)C)[Si](C)(C(C)(C)C)C(C)(C)C. The molecule has 0 saturated carbocycles. The van der Waals surface area contributed by atoms with Crippen LogP contribution in [0.2, 0.25) is 41.4 Å². The maximum absolute atomic E-state index is 3.03. The molecule has 1 nitrogen and oxygen atoms in total. The second-order valence-electron chi connectivity index (χ2n) is 9.25. The summed E-state index contributed by atoms with van der Waals surface area (Å²) in [5, 5.41) is 2.14. The zero-order valence-corrected chi connectivity index (χ0v) is 17.6. The van der Waals surface area contributed by atoms with Gasteiger partial charge in [-0.2, -0.15) is 0 Å². The molecule has 0 N–H and O–H groups in total. The van der Waals surface area contributed by atoms with Gasteiger partial charge in [0.15, 0.2) is 0 Å². The van der Waals surface area contributed by atoms with E-state index in [4.69, 9.17) is 0 Å². The van der Waals surface area contributed by atoms with Gasteiger partial charge >= 0.3 is 134 Å². The van der Waals surface area contributed by atoms with Crippen molar-refractivity contribution in [3.8, 4) is 0 Å². The number of hydrogen-bond acceptors (Lipinski definition) is 1. The van der Waals surface area contributed by atoms with Gasteiger partial charge in [0.2, 0.25) is 0 Å². The van der Waals surface area contributed by atoms with Crippen molar-refractivity contribution >= 4 is 34.2 Å². The maximum atomic E-state index is 3.03. The van der Waals surface area contributed by atoms with Gasteiger partial charge in [0.05, 0.1) is 0 Å². The van der Waals surface area contributed by atoms with Crippen LogP contribution in [0.3, 0.4) is 0 Å². The third-order valence-corrected chi connectivity index (χ3v) is 17.3. The first-order valence-electron chi connectivity index (χ1n) is 7.97. The van der Waals surface area contributed by atoms with Gasteiger partial charge in [-0.3, -0.25) is 0 Å². The molecule has 0 aromatic rings. The second kappa shape index (κ2) is 6.40. The average molecular weight is 294 g/mol. The summed E-state index contributed by atoms with van der Waals surface area (Å²) >= 11 is 2.31. The Morgan fingerprint density at radius 1 is 0.842 bits per heavy atom. The first-order valence-corrected chi connectivity index (χ1v) is 13.9. The number of rotatable bonds is 5. The third-order valence-electron chi connectivity index (χ3n) is 5.01. The fourth-order valence-corrected chi connectivity index (χ4v) is 16.2. The summed E-state index contributed by atoms with van der Waals surface area (Å²) in [5.41, 5.74) is 0. The molecule has 0 aromatic heterocycles. The summed E-state index contributed by atoms with van der Waals surface area (Å²) in [6, 6.07) is 0. The standard InChI is InChI=1S/C15H36NSi2.Li/c1-12-13-16(17(8,9)10)18(11,14(2,3)4)15(5,6)7;/h1,12-13H2,2-11H3;. The Hall–Kier alpha value is 0.991. The molecule has 110 valence electrons. The van der Waals surface area contributed by atoms with Crippen LogP contribution >= 0.6 is 0 Å². The van der Waals surface area contributed by atoms with Crippen molar-refractivity contribution < 1.29 is 0 Å². The molecule has 0 aliphatic heterocycles. The van der Waals surface area contributed by atoms with Gasteiger partial charge < -0.3 is 0 Å². The molecule has 0 aliphatic carbocycles. The Bertz CT molecular complexity index is 270. The van der Waals surface area contributed by atoms with Crippen molar-refractivity contribution in [1.29, 1.82) is 0 Å². The predicted octanol–water partition coefficient (Wildman–Crippen LogP) is 5.28. The fraction of sp³-hybridized carbons (Fsp3) is 1.00. The average Bonchev–Trinajstić information content (AvgIpc) is 2.12. The third kappa shape index (κ3) is 4.48. The van der Waals surface area contributed by atoms with Crippen LogP contribution in [0.1, 0.15) is 48.0 Å². The van der Waals surface area contributed by atoms with Crippen molar-refractivity contribution in [3.63, 3.8) is 0 Å². The Morgan fingerprint density at radius 3 is 1.42 bits per heavy atom. The molecule has 0 rings (SSSR count). The van der Waals surface area contributed by atoms with Crippen LogP contribution in [0.5, 0.6) is 0 Å². The Kier molecular flexibility index (Phi) is 6.73. The van der Waals surface area contributed by atoms with E-state index >= 15 is 0 Å². The van der Waals surface area contributed by atoms with Crippen LogP contribution in [0.15, 0.2) is 0 Å². The van der Waals surface area contributed by atoms with Gasteiger partial charge in [-0.15, -0.1) is 0 Å². The molecule has 0 heterocycles. The van der Waals surface area contributed by atoms with E-state index in [1.54, 1.807) is 0 Å². The molecule has 0 fully saturated rings. The van der Waals surface area contributed by atoms with E-state index in [0.717, 1.165) is 0 Å². The van der Waals surface area contributed by atoms with Gasteiger partial charge in [-0.25, -0.2) is 0 Å². The van der Waals surface area contributed by atoms with Crippen LogP contribution < -0.4 is 0 Å². The molecule has 0 bridgehead atoms. The topological polar surface area (TPSA) is 3.24 Å². The van der Waals surface area contributed by atoms with E-state index in [9.17, 15) is 0 Å². The summed E-state index contributed by atoms with van der Waals surface area (Å²) in [5.74, 6) is 0. The predicted molar refractivity (Wildman–Crippen MR) is 96.3 cm³/mol. The molecule has 0 saturated heterocycles. The molecule has 0 aliphatic rings. The minimum atomic E-state index is -1.56. The normalized spacial score (nSPS) is 15.2. The van der Waals surface area contributed by atoms with Gasteiger partial charge in [0.1, 0.15) is 0 Å². The van der Waals surface area contributed by atoms with E-state index in [1.165, 1.54) is 18.1 Å². The summed E-state index contributed by atoms with van der Waals surface area (Å²) in [4.78, 5) is 0. The molecule has 0 spiro atoms. The van der Waals surface area contributed by atoms with Crippen molar-refractivity contribution in [1.82, 2.24) is 4.23 Å². The molecular weight excluding hydrogens is 257 g/mol. The van der Waals surface area contributed by atoms with Crippen LogP contribution in [-0.2, 0) is 0 Å². The molecule has 0 amide bonds. The van der Waals surface area contributed by atoms with E-state index in [1.807, 2.05) is 0 Å². The van der Waals surface area contributed by atoms with Gasteiger partial charge in [-0.1, -0.05) is 0 Å². The van der Waals surface area contributed by atoms with Crippen LogP contribution in [-0.4, -0.2) is 45.0 Å². The Morgan fingerprint density at radius 2 is 1.21 bits per heavy atom. The molecule has 0 aromatic carbocycles. The molecule has 19 heavy (non-hydrogen) atoms. The quantitative estimate of drug-likeness (QED) is 0.624. The monoisotopic (exact) mass is 293 g/mol. The van der Waals surface area contributed by atoms with Gasteiger partial charge in [0, 0.05) is 0 Å².